The van der Waals surface area contributed by atoms with Crippen molar-refractivity contribution in [3.8, 4) is 0 Å². The highest BCUT2D eigenvalue weighted by molar-refractivity contribution is 8.00. The van der Waals surface area contributed by atoms with Crippen LogP contribution in [0.5, 0.6) is 0 Å². The SMILES string of the molecule is CC(Sc1nccc(=O)[nH]1)C(=O)Nc1ccc(C(C)C)cc1. The van der Waals surface area contributed by atoms with Crippen molar-refractivity contribution in [1.82, 2.24) is 9.97 Å². The number of carbonyl (C=O) groups excluding carboxylic acids is 1. The first-order chi connectivity index (χ1) is 10.5. The van der Waals surface area contributed by atoms with Crippen LogP contribution in [0, 0.1) is 0 Å². The minimum atomic E-state index is -0.365. The number of thioether (sulfide) groups is 1. The van der Waals surface area contributed by atoms with Crippen LogP contribution in [0.1, 0.15) is 32.3 Å². The van der Waals surface area contributed by atoms with Gasteiger partial charge in [0.15, 0.2) is 5.16 Å². The minimum Gasteiger partial charge on any atom is -0.325 e. The summed E-state index contributed by atoms with van der Waals surface area (Å²) in [6, 6.07) is 9.15. The van der Waals surface area contributed by atoms with Crippen LogP contribution in [0.2, 0.25) is 0 Å². The van der Waals surface area contributed by atoms with Gasteiger partial charge in [-0.2, -0.15) is 0 Å². The Hall–Kier alpha value is -2.08. The first-order valence-electron chi connectivity index (χ1n) is 7.08. The number of aromatic amines is 1. The summed E-state index contributed by atoms with van der Waals surface area (Å²) in [6.45, 7) is 6.02. The number of nitrogens with zero attached hydrogens (tertiary/aromatic N) is 1. The van der Waals surface area contributed by atoms with Gasteiger partial charge in [0.05, 0.1) is 5.25 Å². The largest absolute Gasteiger partial charge is 0.325 e. The van der Waals surface area contributed by atoms with Gasteiger partial charge in [-0.25, -0.2) is 4.98 Å². The van der Waals surface area contributed by atoms with E-state index >= 15 is 0 Å². The molecular formula is C16H19N3O2S. The lowest BCUT2D eigenvalue weighted by atomic mass is 10.0. The van der Waals surface area contributed by atoms with Gasteiger partial charge in [0.25, 0.3) is 5.56 Å². The van der Waals surface area contributed by atoms with Gasteiger partial charge in [-0.15, -0.1) is 0 Å². The molecule has 22 heavy (non-hydrogen) atoms. The molecule has 5 nitrogen and oxygen atoms in total. The van der Waals surface area contributed by atoms with Gasteiger partial charge in [0.2, 0.25) is 5.91 Å². The maximum atomic E-state index is 12.2. The highest BCUT2D eigenvalue weighted by Gasteiger charge is 2.15. The van der Waals surface area contributed by atoms with Crippen LogP contribution in [0.25, 0.3) is 0 Å². The van der Waals surface area contributed by atoms with E-state index in [1.807, 2.05) is 24.3 Å². The molecule has 0 saturated carbocycles. The molecule has 0 fully saturated rings. The average Bonchev–Trinajstić information content (AvgIpc) is 2.47. The van der Waals surface area contributed by atoms with Gasteiger partial charge >= 0.3 is 0 Å². The zero-order valence-corrected chi connectivity index (χ0v) is 13.6. The van der Waals surface area contributed by atoms with Crippen LogP contribution in [-0.4, -0.2) is 21.1 Å². The Morgan fingerprint density at radius 1 is 1.18 bits per heavy atom. The number of anilines is 1. The summed E-state index contributed by atoms with van der Waals surface area (Å²) in [6.07, 6.45) is 1.43. The third-order valence-electron chi connectivity index (χ3n) is 3.15. The Kier molecular flexibility index (Phi) is 5.38. The van der Waals surface area contributed by atoms with E-state index in [0.29, 0.717) is 11.1 Å². The molecular weight excluding hydrogens is 298 g/mol. The van der Waals surface area contributed by atoms with Gasteiger partial charge in [0, 0.05) is 18.0 Å². The van der Waals surface area contributed by atoms with Crippen molar-refractivity contribution in [3.05, 3.63) is 52.4 Å². The standard InChI is InChI=1S/C16H19N3O2S/c1-10(2)12-4-6-13(7-5-12)18-15(21)11(3)22-16-17-9-8-14(20)19-16/h4-11H,1-3H3,(H,18,21)(H,17,19,20). The third-order valence-corrected chi connectivity index (χ3v) is 4.15. The van der Waals surface area contributed by atoms with Crippen molar-refractivity contribution in [2.75, 3.05) is 5.32 Å². The van der Waals surface area contributed by atoms with E-state index in [9.17, 15) is 9.59 Å². The average molecular weight is 317 g/mol. The molecule has 1 atom stereocenters. The lowest BCUT2D eigenvalue weighted by molar-refractivity contribution is -0.115. The number of carbonyl (C=O) groups is 1. The van der Waals surface area contributed by atoms with E-state index in [4.69, 9.17) is 0 Å². The van der Waals surface area contributed by atoms with Crippen molar-refractivity contribution in [1.29, 1.82) is 0 Å². The summed E-state index contributed by atoms with van der Waals surface area (Å²) in [7, 11) is 0. The van der Waals surface area contributed by atoms with Crippen molar-refractivity contribution in [2.24, 2.45) is 0 Å². The molecule has 6 heteroatoms. The second-order valence-corrected chi connectivity index (χ2v) is 6.59. The van der Waals surface area contributed by atoms with Gasteiger partial charge in [-0.1, -0.05) is 37.7 Å². The molecule has 0 aliphatic heterocycles. The van der Waals surface area contributed by atoms with Crippen molar-refractivity contribution in [2.45, 2.75) is 37.1 Å². The Balaban J connectivity index is 1.97. The van der Waals surface area contributed by atoms with Crippen molar-refractivity contribution < 1.29 is 4.79 Å². The van der Waals surface area contributed by atoms with Gasteiger partial charge < -0.3 is 10.3 Å². The number of rotatable bonds is 5. The van der Waals surface area contributed by atoms with Crippen molar-refractivity contribution in [3.63, 3.8) is 0 Å². The van der Waals surface area contributed by atoms with E-state index in [2.05, 4.69) is 29.1 Å². The molecule has 0 bridgehead atoms. The van der Waals surface area contributed by atoms with Gasteiger partial charge in [0.1, 0.15) is 0 Å². The van der Waals surface area contributed by atoms with Gasteiger partial charge in [-0.3, -0.25) is 9.59 Å². The summed E-state index contributed by atoms with van der Waals surface area (Å²) in [4.78, 5) is 30.0. The molecule has 2 aromatic rings. The first-order valence-corrected chi connectivity index (χ1v) is 7.96. The molecule has 2 N–H and O–H groups in total. The van der Waals surface area contributed by atoms with Crippen LogP contribution in [0.3, 0.4) is 0 Å². The summed E-state index contributed by atoms with van der Waals surface area (Å²) in [5.41, 5.74) is 1.76. The maximum Gasteiger partial charge on any atom is 0.251 e. The predicted octanol–water partition coefficient (Wildman–Crippen LogP) is 3.01. The second-order valence-electron chi connectivity index (χ2n) is 5.27. The zero-order valence-electron chi connectivity index (χ0n) is 12.8. The first kappa shape index (κ1) is 16.3. The zero-order chi connectivity index (χ0) is 16.1. The molecule has 0 radical (unpaired) electrons. The number of hydrogen-bond acceptors (Lipinski definition) is 4. The molecule has 1 unspecified atom stereocenters. The van der Waals surface area contributed by atoms with Crippen LogP contribution < -0.4 is 10.9 Å². The molecule has 0 aliphatic rings. The normalized spacial score (nSPS) is 12.2. The fraction of sp³-hybridized carbons (Fsp3) is 0.312. The Bertz CT molecular complexity index is 695. The van der Waals surface area contributed by atoms with E-state index in [-0.39, 0.29) is 16.7 Å². The molecule has 0 aliphatic carbocycles. The number of amides is 1. The molecule has 0 saturated heterocycles. The summed E-state index contributed by atoms with van der Waals surface area (Å²) < 4.78 is 0. The molecule has 1 heterocycles. The van der Waals surface area contributed by atoms with Crippen LogP contribution in [0.4, 0.5) is 5.69 Å². The number of benzene rings is 1. The highest BCUT2D eigenvalue weighted by Crippen LogP contribution is 2.21. The topological polar surface area (TPSA) is 74.8 Å². The van der Waals surface area contributed by atoms with E-state index in [0.717, 1.165) is 5.69 Å². The lowest BCUT2D eigenvalue weighted by Crippen LogP contribution is -2.23. The summed E-state index contributed by atoms with van der Waals surface area (Å²) >= 11 is 1.21. The number of hydrogen-bond donors (Lipinski definition) is 2. The molecule has 1 aromatic heterocycles. The Labute approximate surface area is 133 Å². The van der Waals surface area contributed by atoms with Gasteiger partial charge in [-0.05, 0) is 30.5 Å². The Morgan fingerprint density at radius 2 is 1.86 bits per heavy atom. The molecule has 116 valence electrons. The molecule has 1 amide bonds. The number of aromatic nitrogens is 2. The van der Waals surface area contributed by atoms with E-state index in [1.54, 1.807) is 6.92 Å². The second kappa shape index (κ2) is 7.26. The predicted molar refractivity (Wildman–Crippen MR) is 89.3 cm³/mol. The van der Waals surface area contributed by atoms with Crippen LogP contribution in [0.15, 0.2) is 46.5 Å². The summed E-state index contributed by atoms with van der Waals surface area (Å²) in [5.74, 6) is 0.328. The van der Waals surface area contributed by atoms with Crippen molar-refractivity contribution >= 4 is 23.4 Å². The number of nitrogens with one attached hydrogen (secondary N) is 2. The molecule has 1 aromatic carbocycles. The Morgan fingerprint density at radius 3 is 2.45 bits per heavy atom. The molecule has 2 rings (SSSR count). The van der Waals surface area contributed by atoms with E-state index in [1.165, 1.54) is 29.6 Å². The monoisotopic (exact) mass is 317 g/mol. The fourth-order valence-electron chi connectivity index (χ4n) is 1.83. The van der Waals surface area contributed by atoms with Crippen LogP contribution in [-0.2, 0) is 4.79 Å². The summed E-state index contributed by atoms with van der Waals surface area (Å²) in [5, 5.41) is 2.93. The third kappa shape index (κ3) is 4.46. The molecule has 0 spiro atoms. The lowest BCUT2D eigenvalue weighted by Gasteiger charge is -2.12. The fourth-order valence-corrected chi connectivity index (χ4v) is 2.61. The van der Waals surface area contributed by atoms with E-state index < -0.39 is 0 Å². The van der Waals surface area contributed by atoms with Crippen LogP contribution >= 0.6 is 11.8 Å². The quantitative estimate of drug-likeness (QED) is 0.656. The highest BCUT2D eigenvalue weighted by atomic mass is 32.2. The maximum absolute atomic E-state index is 12.2. The smallest absolute Gasteiger partial charge is 0.251 e. The number of H-pyrrole nitrogens is 1. The minimum absolute atomic E-state index is 0.131.